The van der Waals surface area contributed by atoms with E-state index in [9.17, 15) is 0 Å². The molecule has 0 bridgehead atoms. The van der Waals surface area contributed by atoms with Crippen molar-refractivity contribution in [2.75, 3.05) is 11.1 Å². The van der Waals surface area contributed by atoms with Crippen molar-refractivity contribution in [2.24, 2.45) is 0 Å². The van der Waals surface area contributed by atoms with Crippen LogP contribution in [0.15, 0.2) is 30.0 Å². The molecule has 0 fully saturated rings. The molecule has 2 aromatic heterocycles. The van der Waals surface area contributed by atoms with E-state index in [2.05, 4.69) is 20.5 Å². The number of hydrogen-bond donors (Lipinski definition) is 3. The first-order valence-electron chi connectivity index (χ1n) is 5.18. The normalized spacial score (nSPS) is 10.8. The topological polar surface area (TPSA) is 79.6 Å². The van der Waals surface area contributed by atoms with Crippen molar-refractivity contribution in [3.63, 3.8) is 0 Å². The molecule has 0 saturated carbocycles. The third kappa shape index (κ3) is 1.83. The fourth-order valence-corrected chi connectivity index (χ4v) is 2.37. The summed E-state index contributed by atoms with van der Waals surface area (Å²) in [5.41, 5.74) is 11.4. The van der Waals surface area contributed by atoms with Crippen LogP contribution in [0.4, 0.5) is 11.4 Å². The van der Waals surface area contributed by atoms with Gasteiger partial charge < -0.3 is 11.1 Å². The van der Waals surface area contributed by atoms with E-state index in [4.69, 9.17) is 5.73 Å². The molecule has 0 radical (unpaired) electrons. The maximum atomic E-state index is 6.06. The zero-order valence-corrected chi connectivity index (χ0v) is 9.79. The van der Waals surface area contributed by atoms with E-state index in [-0.39, 0.29) is 0 Å². The summed E-state index contributed by atoms with van der Waals surface area (Å²) in [6.07, 6.45) is 3.63. The van der Waals surface area contributed by atoms with E-state index in [0.717, 1.165) is 21.5 Å². The lowest BCUT2D eigenvalue weighted by Gasteiger charge is -2.08. The molecular formula is C11H11N5S. The summed E-state index contributed by atoms with van der Waals surface area (Å²) in [7, 11) is 0. The number of benzene rings is 1. The molecule has 5 nitrogen and oxygen atoms in total. The largest absolute Gasteiger partial charge is 0.395 e. The molecule has 6 heteroatoms. The zero-order valence-electron chi connectivity index (χ0n) is 8.97. The molecule has 17 heavy (non-hydrogen) atoms. The van der Waals surface area contributed by atoms with Gasteiger partial charge in [-0.05, 0) is 12.1 Å². The summed E-state index contributed by atoms with van der Waals surface area (Å²) in [4.78, 5) is 4.26. The number of thiazole rings is 1. The summed E-state index contributed by atoms with van der Waals surface area (Å²) in [6.45, 7) is 0.691. The van der Waals surface area contributed by atoms with Crippen LogP contribution >= 0.6 is 11.3 Å². The maximum absolute atomic E-state index is 6.06. The fraction of sp³-hybridized carbons (Fsp3) is 0.0909. The number of anilines is 2. The Kier molecular flexibility index (Phi) is 2.41. The predicted molar refractivity (Wildman–Crippen MR) is 69.9 cm³/mol. The van der Waals surface area contributed by atoms with Crippen LogP contribution in [-0.4, -0.2) is 15.2 Å². The van der Waals surface area contributed by atoms with E-state index in [1.807, 2.05) is 18.3 Å². The smallest absolute Gasteiger partial charge is 0.106 e. The molecule has 3 rings (SSSR count). The average molecular weight is 245 g/mol. The molecule has 3 aromatic rings. The van der Waals surface area contributed by atoms with E-state index >= 15 is 0 Å². The molecule has 4 N–H and O–H groups in total. The number of fused-ring (bicyclic) bond motifs is 1. The highest BCUT2D eigenvalue weighted by atomic mass is 32.1. The van der Waals surface area contributed by atoms with Gasteiger partial charge in [0.1, 0.15) is 5.52 Å². The number of nitrogens with two attached hydrogens (primary N) is 1. The van der Waals surface area contributed by atoms with Gasteiger partial charge in [-0.3, -0.25) is 5.10 Å². The molecule has 0 amide bonds. The monoisotopic (exact) mass is 245 g/mol. The van der Waals surface area contributed by atoms with Crippen molar-refractivity contribution in [3.05, 3.63) is 35.6 Å². The second-order valence-electron chi connectivity index (χ2n) is 3.69. The molecule has 0 atom stereocenters. The lowest BCUT2D eigenvalue weighted by molar-refractivity contribution is 1.09. The second kappa shape index (κ2) is 4.06. The lowest BCUT2D eigenvalue weighted by atomic mass is 10.2. The van der Waals surface area contributed by atoms with Gasteiger partial charge in [-0.25, -0.2) is 4.98 Å². The van der Waals surface area contributed by atoms with E-state index in [0.29, 0.717) is 12.2 Å². The van der Waals surface area contributed by atoms with Crippen LogP contribution in [-0.2, 0) is 6.54 Å². The van der Waals surface area contributed by atoms with Gasteiger partial charge in [0.05, 0.1) is 27.8 Å². The predicted octanol–water partition coefficient (Wildman–Crippen LogP) is 2.21. The molecule has 0 unspecified atom stereocenters. The summed E-state index contributed by atoms with van der Waals surface area (Å²) < 4.78 is 1.11. The quantitative estimate of drug-likeness (QED) is 0.618. The standard InChI is InChI=1S/C11H11N5S/c12-10-8(13-3-7-4-15-16-5-7)1-2-9-11(10)14-6-17-9/h1-2,4-6,13H,3,12H2,(H,15,16). The molecule has 0 aliphatic carbocycles. The van der Waals surface area contributed by atoms with Crippen LogP contribution in [0.2, 0.25) is 0 Å². The van der Waals surface area contributed by atoms with Crippen molar-refractivity contribution in [1.82, 2.24) is 15.2 Å². The van der Waals surface area contributed by atoms with Crippen LogP contribution < -0.4 is 11.1 Å². The second-order valence-corrected chi connectivity index (χ2v) is 4.57. The van der Waals surface area contributed by atoms with E-state index in [1.54, 1.807) is 23.0 Å². The van der Waals surface area contributed by atoms with Gasteiger partial charge in [-0.15, -0.1) is 11.3 Å². The molecule has 0 aliphatic heterocycles. The number of nitrogen functional groups attached to an aromatic ring is 1. The molecule has 2 heterocycles. The summed E-state index contributed by atoms with van der Waals surface area (Å²) in [5, 5.41) is 9.94. The van der Waals surface area contributed by atoms with Gasteiger partial charge in [-0.2, -0.15) is 5.10 Å². The number of H-pyrrole nitrogens is 1. The molecule has 0 spiro atoms. The number of aromatic nitrogens is 3. The number of nitrogens with zero attached hydrogens (tertiary/aromatic N) is 2. The molecule has 86 valence electrons. The molecular weight excluding hydrogens is 234 g/mol. The maximum Gasteiger partial charge on any atom is 0.106 e. The number of hydrogen-bond acceptors (Lipinski definition) is 5. The Balaban J connectivity index is 1.87. The Labute approximate surface area is 102 Å². The molecule has 1 aromatic carbocycles. The van der Waals surface area contributed by atoms with Crippen LogP contribution in [0.1, 0.15) is 5.56 Å². The Morgan fingerprint density at radius 3 is 3.18 bits per heavy atom. The van der Waals surface area contributed by atoms with Crippen LogP contribution in [0, 0.1) is 0 Å². The van der Waals surface area contributed by atoms with E-state index < -0.39 is 0 Å². The Morgan fingerprint density at radius 1 is 1.41 bits per heavy atom. The molecule has 0 aliphatic rings. The van der Waals surface area contributed by atoms with Crippen molar-refractivity contribution < 1.29 is 0 Å². The van der Waals surface area contributed by atoms with Crippen molar-refractivity contribution in [2.45, 2.75) is 6.54 Å². The van der Waals surface area contributed by atoms with E-state index in [1.165, 1.54) is 0 Å². The van der Waals surface area contributed by atoms with Crippen LogP contribution in [0.25, 0.3) is 10.2 Å². The molecule has 0 saturated heterocycles. The number of aromatic amines is 1. The van der Waals surface area contributed by atoms with Crippen LogP contribution in [0.3, 0.4) is 0 Å². The fourth-order valence-electron chi connectivity index (χ4n) is 1.68. The highest BCUT2D eigenvalue weighted by molar-refractivity contribution is 7.16. The van der Waals surface area contributed by atoms with Gasteiger partial charge in [0, 0.05) is 18.3 Å². The Morgan fingerprint density at radius 2 is 2.35 bits per heavy atom. The minimum Gasteiger partial charge on any atom is -0.395 e. The number of nitrogens with one attached hydrogen (secondary N) is 2. The highest BCUT2D eigenvalue weighted by Crippen LogP contribution is 2.30. The third-order valence-corrected chi connectivity index (χ3v) is 3.37. The highest BCUT2D eigenvalue weighted by Gasteiger charge is 2.06. The minimum atomic E-state index is 0.691. The van der Waals surface area contributed by atoms with Crippen molar-refractivity contribution in [3.8, 4) is 0 Å². The van der Waals surface area contributed by atoms with Crippen LogP contribution in [0.5, 0.6) is 0 Å². The summed E-state index contributed by atoms with van der Waals surface area (Å²) in [6, 6.07) is 4.01. The summed E-state index contributed by atoms with van der Waals surface area (Å²) in [5.74, 6) is 0. The van der Waals surface area contributed by atoms with Gasteiger partial charge in [-0.1, -0.05) is 0 Å². The SMILES string of the molecule is Nc1c(NCc2cn[nH]c2)ccc2scnc12. The zero-order chi connectivity index (χ0) is 11.7. The summed E-state index contributed by atoms with van der Waals surface area (Å²) >= 11 is 1.59. The minimum absolute atomic E-state index is 0.691. The van der Waals surface area contributed by atoms with Crippen molar-refractivity contribution >= 4 is 32.9 Å². The first kappa shape index (κ1) is 10.1. The van der Waals surface area contributed by atoms with Gasteiger partial charge in [0.2, 0.25) is 0 Å². The van der Waals surface area contributed by atoms with Gasteiger partial charge >= 0.3 is 0 Å². The Hall–Kier alpha value is -2.08. The van der Waals surface area contributed by atoms with Gasteiger partial charge in [0.15, 0.2) is 0 Å². The first-order chi connectivity index (χ1) is 8.34. The third-order valence-electron chi connectivity index (χ3n) is 2.58. The number of rotatable bonds is 3. The Bertz CT molecular complexity index is 628. The van der Waals surface area contributed by atoms with Crippen molar-refractivity contribution in [1.29, 1.82) is 0 Å². The van der Waals surface area contributed by atoms with Gasteiger partial charge in [0.25, 0.3) is 0 Å². The average Bonchev–Trinajstić information content (AvgIpc) is 2.99. The lowest BCUT2D eigenvalue weighted by Crippen LogP contribution is -2.02. The first-order valence-corrected chi connectivity index (χ1v) is 6.06.